The van der Waals surface area contributed by atoms with Crippen LogP contribution in [0.15, 0.2) is 18.7 Å². The van der Waals surface area contributed by atoms with Crippen LogP contribution in [0, 0.1) is 10.1 Å². The maximum atomic E-state index is 10.7. The number of hydrogen-bond acceptors (Lipinski definition) is 4. The van der Waals surface area contributed by atoms with Crippen molar-refractivity contribution in [3.8, 4) is 5.75 Å². The molecule has 2 rings (SSSR count). The van der Waals surface area contributed by atoms with Crippen LogP contribution in [-0.4, -0.2) is 17.6 Å². The highest BCUT2D eigenvalue weighted by molar-refractivity contribution is 5.76. The molecule has 0 spiro atoms. The lowest BCUT2D eigenvalue weighted by molar-refractivity contribution is -0.384. The molecule has 0 fully saturated rings. The van der Waals surface area contributed by atoms with Crippen LogP contribution >= 0.6 is 0 Å². The van der Waals surface area contributed by atoms with Gasteiger partial charge in [0.1, 0.15) is 12.4 Å². The Balaban J connectivity index is 2.54. The minimum absolute atomic E-state index is 0.0185. The predicted molar refractivity (Wildman–Crippen MR) is 61.8 cm³/mol. The number of hydrogen-bond donors (Lipinski definition) is 1. The van der Waals surface area contributed by atoms with Gasteiger partial charge in [0.2, 0.25) is 0 Å². The molecule has 0 aliphatic carbocycles. The van der Waals surface area contributed by atoms with E-state index in [1.165, 1.54) is 12.1 Å². The summed E-state index contributed by atoms with van der Waals surface area (Å²) in [7, 11) is 0. The normalized spacial score (nSPS) is 17.9. The second-order valence-electron chi connectivity index (χ2n) is 3.73. The monoisotopic (exact) mass is 220 g/mol. The first-order valence-electron chi connectivity index (χ1n) is 4.96. The van der Waals surface area contributed by atoms with Crippen molar-refractivity contribution < 1.29 is 9.66 Å². The van der Waals surface area contributed by atoms with E-state index in [0.717, 1.165) is 5.69 Å². The molecule has 84 valence electrons. The Morgan fingerprint density at radius 3 is 3.06 bits per heavy atom. The molecule has 1 aliphatic heterocycles. The van der Waals surface area contributed by atoms with Crippen molar-refractivity contribution in [1.29, 1.82) is 0 Å². The standard InChI is InChI=1S/C11H12N2O3/c1-3-8-4-9(13(14)15)5-10-11(8)12-7(2)6-16-10/h3-5,7,12H,1,6H2,2H3. The fourth-order valence-corrected chi connectivity index (χ4v) is 1.66. The highest BCUT2D eigenvalue weighted by atomic mass is 16.6. The molecular formula is C11H12N2O3. The Morgan fingerprint density at radius 2 is 2.44 bits per heavy atom. The fraction of sp³-hybridized carbons (Fsp3) is 0.273. The van der Waals surface area contributed by atoms with E-state index in [9.17, 15) is 10.1 Å². The topological polar surface area (TPSA) is 64.4 Å². The number of nitro benzene ring substituents is 1. The van der Waals surface area contributed by atoms with E-state index in [0.29, 0.717) is 17.9 Å². The third-order valence-corrected chi connectivity index (χ3v) is 2.43. The van der Waals surface area contributed by atoms with Crippen LogP contribution in [0.3, 0.4) is 0 Å². The molecule has 1 aromatic rings. The molecule has 0 bridgehead atoms. The highest BCUT2D eigenvalue weighted by Gasteiger charge is 2.21. The lowest BCUT2D eigenvalue weighted by Crippen LogP contribution is -2.28. The number of nitro groups is 1. The van der Waals surface area contributed by atoms with Crippen LogP contribution in [0.4, 0.5) is 11.4 Å². The molecule has 1 N–H and O–H groups in total. The van der Waals surface area contributed by atoms with Crippen molar-refractivity contribution >= 4 is 17.5 Å². The Morgan fingerprint density at radius 1 is 1.69 bits per heavy atom. The Labute approximate surface area is 92.9 Å². The van der Waals surface area contributed by atoms with Crippen molar-refractivity contribution in [3.63, 3.8) is 0 Å². The van der Waals surface area contributed by atoms with Crippen LogP contribution in [-0.2, 0) is 0 Å². The summed E-state index contributed by atoms with van der Waals surface area (Å²) < 4.78 is 5.45. The summed E-state index contributed by atoms with van der Waals surface area (Å²) in [6.45, 7) is 6.13. The number of anilines is 1. The van der Waals surface area contributed by atoms with Gasteiger partial charge in [-0.05, 0) is 6.92 Å². The zero-order valence-corrected chi connectivity index (χ0v) is 8.90. The number of nitrogens with zero attached hydrogens (tertiary/aromatic N) is 1. The SMILES string of the molecule is C=Cc1cc([N+](=O)[O-])cc2c1NC(C)CO2. The van der Waals surface area contributed by atoms with Gasteiger partial charge in [-0.1, -0.05) is 12.7 Å². The maximum Gasteiger partial charge on any atom is 0.273 e. The molecular weight excluding hydrogens is 208 g/mol. The first-order valence-corrected chi connectivity index (χ1v) is 4.96. The molecule has 0 radical (unpaired) electrons. The van der Waals surface area contributed by atoms with E-state index >= 15 is 0 Å². The maximum absolute atomic E-state index is 10.7. The minimum Gasteiger partial charge on any atom is -0.489 e. The highest BCUT2D eigenvalue weighted by Crippen LogP contribution is 2.36. The van der Waals surface area contributed by atoms with Crippen LogP contribution in [0.2, 0.25) is 0 Å². The van der Waals surface area contributed by atoms with E-state index in [-0.39, 0.29) is 11.7 Å². The molecule has 1 unspecified atom stereocenters. The van der Waals surface area contributed by atoms with Gasteiger partial charge in [-0.15, -0.1) is 0 Å². The summed E-state index contributed by atoms with van der Waals surface area (Å²) in [5.41, 5.74) is 1.49. The van der Waals surface area contributed by atoms with E-state index in [2.05, 4.69) is 11.9 Å². The summed E-state index contributed by atoms with van der Waals surface area (Å²) in [5.74, 6) is 0.516. The van der Waals surface area contributed by atoms with Crippen molar-refractivity contribution in [1.82, 2.24) is 0 Å². The van der Waals surface area contributed by atoms with E-state index < -0.39 is 4.92 Å². The van der Waals surface area contributed by atoms with Gasteiger partial charge < -0.3 is 10.1 Å². The van der Waals surface area contributed by atoms with Gasteiger partial charge >= 0.3 is 0 Å². The average Bonchev–Trinajstić information content (AvgIpc) is 2.27. The molecule has 1 aromatic carbocycles. The second-order valence-corrected chi connectivity index (χ2v) is 3.73. The van der Waals surface area contributed by atoms with Gasteiger partial charge in [0.25, 0.3) is 5.69 Å². The number of ether oxygens (including phenoxy) is 1. The Kier molecular flexibility index (Phi) is 2.52. The third kappa shape index (κ3) is 1.71. The van der Waals surface area contributed by atoms with Crippen LogP contribution in [0.1, 0.15) is 12.5 Å². The van der Waals surface area contributed by atoms with Gasteiger partial charge in [0.15, 0.2) is 0 Å². The molecule has 5 nitrogen and oxygen atoms in total. The molecule has 1 heterocycles. The quantitative estimate of drug-likeness (QED) is 0.614. The number of benzene rings is 1. The first kappa shape index (κ1) is 10.5. The number of rotatable bonds is 2. The molecule has 1 aliphatic rings. The molecule has 16 heavy (non-hydrogen) atoms. The molecule has 5 heteroatoms. The number of non-ortho nitro benzene ring substituents is 1. The Hall–Kier alpha value is -2.04. The van der Waals surface area contributed by atoms with E-state index in [1.807, 2.05) is 6.92 Å². The van der Waals surface area contributed by atoms with Crippen molar-refractivity contribution in [2.45, 2.75) is 13.0 Å². The smallest absolute Gasteiger partial charge is 0.273 e. The van der Waals surface area contributed by atoms with Crippen molar-refractivity contribution in [2.24, 2.45) is 0 Å². The van der Waals surface area contributed by atoms with Gasteiger partial charge in [-0.25, -0.2) is 0 Å². The summed E-state index contributed by atoms with van der Waals surface area (Å²) >= 11 is 0. The van der Waals surface area contributed by atoms with Gasteiger partial charge in [-0.2, -0.15) is 0 Å². The summed E-state index contributed by atoms with van der Waals surface area (Å²) in [4.78, 5) is 10.3. The van der Waals surface area contributed by atoms with Gasteiger partial charge in [0.05, 0.1) is 22.7 Å². The second kappa shape index (κ2) is 3.84. The zero-order valence-electron chi connectivity index (χ0n) is 8.90. The van der Waals surface area contributed by atoms with Gasteiger partial charge in [-0.3, -0.25) is 10.1 Å². The molecule has 0 amide bonds. The predicted octanol–water partition coefficient (Wildman–Crippen LogP) is 2.43. The van der Waals surface area contributed by atoms with Crippen LogP contribution < -0.4 is 10.1 Å². The number of nitrogens with one attached hydrogen (secondary N) is 1. The summed E-state index contributed by atoms with van der Waals surface area (Å²) in [6.07, 6.45) is 1.58. The van der Waals surface area contributed by atoms with Crippen molar-refractivity contribution in [2.75, 3.05) is 11.9 Å². The largest absolute Gasteiger partial charge is 0.489 e. The third-order valence-electron chi connectivity index (χ3n) is 2.43. The molecule has 0 aromatic heterocycles. The summed E-state index contributed by atoms with van der Waals surface area (Å²) in [5, 5.41) is 13.9. The lowest BCUT2D eigenvalue weighted by atomic mass is 10.1. The minimum atomic E-state index is -0.436. The average molecular weight is 220 g/mol. The van der Waals surface area contributed by atoms with E-state index in [1.54, 1.807) is 6.08 Å². The molecule has 0 saturated carbocycles. The first-order chi connectivity index (χ1) is 7.61. The molecule has 1 atom stereocenters. The van der Waals surface area contributed by atoms with Crippen molar-refractivity contribution in [3.05, 3.63) is 34.4 Å². The van der Waals surface area contributed by atoms with E-state index in [4.69, 9.17) is 4.74 Å². The van der Waals surface area contributed by atoms with Gasteiger partial charge in [0, 0.05) is 11.6 Å². The Bertz CT molecular complexity index is 457. The molecule has 0 saturated heterocycles. The number of fused-ring (bicyclic) bond motifs is 1. The fourth-order valence-electron chi connectivity index (χ4n) is 1.66. The summed E-state index contributed by atoms with van der Waals surface area (Å²) in [6, 6.07) is 3.11. The van der Waals surface area contributed by atoms with Crippen LogP contribution in [0.25, 0.3) is 6.08 Å². The van der Waals surface area contributed by atoms with Crippen LogP contribution in [0.5, 0.6) is 5.75 Å². The lowest BCUT2D eigenvalue weighted by Gasteiger charge is -2.26. The zero-order chi connectivity index (χ0) is 11.7.